The SMILES string of the molecule is CC(C)[C@H](NC(=O)C(=O)C[C@H]1O[C@@H]1[C@H](Cc1ccccc1)NC(=O)OCc1ccccc1)C(=O)O. The second-order valence-corrected chi connectivity index (χ2v) is 8.80. The van der Waals surface area contributed by atoms with Crippen LogP contribution in [-0.4, -0.2) is 53.2 Å². The van der Waals surface area contributed by atoms with Crippen molar-refractivity contribution in [3.8, 4) is 0 Å². The fourth-order valence-corrected chi connectivity index (χ4v) is 3.72. The molecule has 0 saturated carbocycles. The van der Waals surface area contributed by atoms with Gasteiger partial charge in [-0.1, -0.05) is 74.5 Å². The second kappa shape index (κ2) is 12.1. The molecule has 3 rings (SSSR count). The van der Waals surface area contributed by atoms with Gasteiger partial charge in [0.2, 0.25) is 5.78 Å². The number of ketones is 1. The highest BCUT2D eigenvalue weighted by atomic mass is 16.6. The Morgan fingerprint density at radius 2 is 1.54 bits per heavy atom. The number of amides is 2. The minimum Gasteiger partial charge on any atom is -0.480 e. The van der Waals surface area contributed by atoms with E-state index in [-0.39, 0.29) is 18.9 Å². The molecule has 1 aliphatic rings. The predicted octanol–water partition coefficient (Wildman–Crippen LogP) is 2.48. The first-order chi connectivity index (χ1) is 16.7. The summed E-state index contributed by atoms with van der Waals surface area (Å²) in [4.78, 5) is 48.4. The number of carbonyl (C=O) groups is 4. The molecule has 0 spiro atoms. The monoisotopic (exact) mass is 482 g/mol. The van der Waals surface area contributed by atoms with E-state index in [0.29, 0.717) is 6.42 Å². The number of rotatable bonds is 12. The van der Waals surface area contributed by atoms with Gasteiger partial charge in [0.05, 0.1) is 12.1 Å². The van der Waals surface area contributed by atoms with Crippen LogP contribution in [0, 0.1) is 5.92 Å². The van der Waals surface area contributed by atoms with Crippen LogP contribution in [0.4, 0.5) is 4.79 Å². The number of Topliss-reactive ketones (excluding diaryl/α,β-unsaturated/α-hetero) is 1. The standard InChI is InChI=1S/C26H30N2O7/c1-16(2)22(25(31)32)28-24(30)20(29)14-21-23(35-21)19(13-17-9-5-3-6-10-17)27-26(33)34-15-18-11-7-4-8-12-18/h3-12,16,19,21-23H,13-15H2,1-2H3,(H,27,33)(H,28,30)(H,31,32)/t19-,21+,22-,23+/m0/s1. The van der Waals surface area contributed by atoms with Gasteiger partial charge in [-0.2, -0.15) is 0 Å². The Balaban J connectivity index is 1.58. The van der Waals surface area contributed by atoms with Crippen LogP contribution in [0.25, 0.3) is 0 Å². The van der Waals surface area contributed by atoms with E-state index in [9.17, 15) is 24.3 Å². The number of carboxylic acid groups (broad SMARTS) is 1. The van der Waals surface area contributed by atoms with Gasteiger partial charge < -0.3 is 25.2 Å². The van der Waals surface area contributed by atoms with Crippen molar-refractivity contribution < 1.29 is 33.8 Å². The summed E-state index contributed by atoms with van der Waals surface area (Å²) in [5, 5.41) is 14.3. The molecule has 35 heavy (non-hydrogen) atoms. The van der Waals surface area contributed by atoms with E-state index in [1.807, 2.05) is 60.7 Å². The van der Waals surface area contributed by atoms with Crippen molar-refractivity contribution in [2.75, 3.05) is 0 Å². The lowest BCUT2D eigenvalue weighted by molar-refractivity contribution is -0.145. The van der Waals surface area contributed by atoms with E-state index >= 15 is 0 Å². The highest BCUT2D eigenvalue weighted by Crippen LogP contribution is 2.30. The van der Waals surface area contributed by atoms with Crippen molar-refractivity contribution in [3.63, 3.8) is 0 Å². The first-order valence-electron chi connectivity index (χ1n) is 11.5. The van der Waals surface area contributed by atoms with E-state index in [1.54, 1.807) is 13.8 Å². The van der Waals surface area contributed by atoms with Gasteiger partial charge in [-0.05, 0) is 23.5 Å². The van der Waals surface area contributed by atoms with Gasteiger partial charge in [0.1, 0.15) is 18.8 Å². The number of hydrogen-bond acceptors (Lipinski definition) is 6. The molecule has 2 aromatic rings. The fraction of sp³-hybridized carbons (Fsp3) is 0.385. The van der Waals surface area contributed by atoms with Crippen LogP contribution in [-0.2, 0) is 36.9 Å². The summed E-state index contributed by atoms with van der Waals surface area (Å²) in [5.74, 6) is -3.32. The van der Waals surface area contributed by atoms with Crippen LogP contribution in [0.15, 0.2) is 60.7 Å². The molecule has 0 unspecified atom stereocenters. The number of alkyl carbamates (subject to hydrolysis) is 1. The number of carbonyl (C=O) groups excluding carboxylic acids is 3. The summed E-state index contributed by atoms with van der Waals surface area (Å²) in [7, 11) is 0. The topological polar surface area (TPSA) is 134 Å². The van der Waals surface area contributed by atoms with E-state index in [4.69, 9.17) is 9.47 Å². The van der Waals surface area contributed by atoms with Crippen LogP contribution >= 0.6 is 0 Å². The van der Waals surface area contributed by atoms with E-state index in [2.05, 4.69) is 10.6 Å². The first-order valence-corrected chi connectivity index (χ1v) is 11.5. The van der Waals surface area contributed by atoms with Crippen LogP contribution in [0.1, 0.15) is 31.4 Å². The number of benzene rings is 2. The zero-order valence-corrected chi connectivity index (χ0v) is 19.7. The number of ether oxygens (including phenoxy) is 2. The number of aliphatic carboxylic acids is 1. The van der Waals surface area contributed by atoms with Crippen molar-refractivity contribution >= 4 is 23.8 Å². The molecule has 0 aromatic heterocycles. The molecular weight excluding hydrogens is 452 g/mol. The third-order valence-corrected chi connectivity index (χ3v) is 5.69. The van der Waals surface area contributed by atoms with Gasteiger partial charge in [0.25, 0.3) is 5.91 Å². The molecule has 0 bridgehead atoms. The predicted molar refractivity (Wildman–Crippen MR) is 126 cm³/mol. The molecule has 3 N–H and O–H groups in total. The molecule has 0 aliphatic carbocycles. The summed E-state index contributed by atoms with van der Waals surface area (Å²) in [6, 6.07) is 17.1. The molecule has 0 radical (unpaired) electrons. The normalized spacial score (nSPS) is 18.3. The van der Waals surface area contributed by atoms with Crippen molar-refractivity contribution in [2.45, 2.75) is 57.6 Å². The average Bonchev–Trinajstić information content (AvgIpc) is 3.60. The lowest BCUT2D eigenvalue weighted by Gasteiger charge is -2.18. The molecule has 1 heterocycles. The van der Waals surface area contributed by atoms with Crippen LogP contribution in [0.3, 0.4) is 0 Å². The Hall–Kier alpha value is -3.72. The van der Waals surface area contributed by atoms with Crippen LogP contribution < -0.4 is 10.6 Å². The number of hydrogen-bond donors (Lipinski definition) is 3. The average molecular weight is 483 g/mol. The molecule has 2 amide bonds. The zero-order chi connectivity index (χ0) is 25.4. The van der Waals surface area contributed by atoms with Crippen LogP contribution in [0.5, 0.6) is 0 Å². The van der Waals surface area contributed by atoms with Gasteiger partial charge in [-0.3, -0.25) is 9.59 Å². The Labute approximate surface area is 203 Å². The van der Waals surface area contributed by atoms with Gasteiger partial charge >= 0.3 is 12.1 Å². The van der Waals surface area contributed by atoms with E-state index in [1.165, 1.54) is 0 Å². The third kappa shape index (κ3) is 7.92. The molecule has 4 atom stereocenters. The van der Waals surface area contributed by atoms with Crippen molar-refractivity contribution in [2.24, 2.45) is 5.92 Å². The smallest absolute Gasteiger partial charge is 0.407 e. The molecule has 186 valence electrons. The van der Waals surface area contributed by atoms with E-state index in [0.717, 1.165) is 11.1 Å². The molecule has 2 aromatic carbocycles. The van der Waals surface area contributed by atoms with Gasteiger partial charge in [-0.25, -0.2) is 9.59 Å². The van der Waals surface area contributed by atoms with Crippen molar-refractivity contribution in [1.82, 2.24) is 10.6 Å². The minimum absolute atomic E-state index is 0.110. The molecule has 1 aliphatic heterocycles. The fourth-order valence-electron chi connectivity index (χ4n) is 3.72. The molecular formula is C26H30N2O7. The quantitative estimate of drug-likeness (QED) is 0.312. The number of nitrogens with one attached hydrogen (secondary N) is 2. The van der Waals surface area contributed by atoms with E-state index < -0.39 is 48.0 Å². The summed E-state index contributed by atoms with van der Waals surface area (Å²) in [6.07, 6.45) is -1.45. The maximum atomic E-state index is 12.5. The largest absolute Gasteiger partial charge is 0.480 e. The van der Waals surface area contributed by atoms with Crippen molar-refractivity contribution in [1.29, 1.82) is 0 Å². The Kier molecular flexibility index (Phi) is 8.97. The maximum Gasteiger partial charge on any atom is 0.407 e. The van der Waals surface area contributed by atoms with Crippen LogP contribution in [0.2, 0.25) is 0 Å². The Morgan fingerprint density at radius 3 is 2.11 bits per heavy atom. The Bertz CT molecular complexity index is 1030. The third-order valence-electron chi connectivity index (χ3n) is 5.69. The summed E-state index contributed by atoms with van der Waals surface area (Å²) >= 11 is 0. The molecule has 9 nitrogen and oxygen atoms in total. The minimum atomic E-state index is -1.21. The lowest BCUT2D eigenvalue weighted by atomic mass is 9.99. The molecule has 1 saturated heterocycles. The first kappa shape index (κ1) is 25.9. The molecule has 1 fully saturated rings. The summed E-state index contributed by atoms with van der Waals surface area (Å²) < 4.78 is 11.0. The lowest BCUT2D eigenvalue weighted by Crippen LogP contribution is -2.47. The van der Waals surface area contributed by atoms with Gasteiger partial charge in [0.15, 0.2) is 0 Å². The maximum absolute atomic E-state index is 12.5. The van der Waals surface area contributed by atoms with Gasteiger partial charge in [0, 0.05) is 6.42 Å². The highest BCUT2D eigenvalue weighted by Gasteiger charge is 2.47. The highest BCUT2D eigenvalue weighted by molar-refractivity contribution is 6.36. The molecule has 9 heteroatoms. The summed E-state index contributed by atoms with van der Waals surface area (Å²) in [6.45, 7) is 3.39. The number of epoxide rings is 1. The summed E-state index contributed by atoms with van der Waals surface area (Å²) in [5.41, 5.74) is 1.81. The number of carboxylic acids is 1. The Morgan fingerprint density at radius 1 is 0.943 bits per heavy atom. The van der Waals surface area contributed by atoms with Crippen molar-refractivity contribution in [3.05, 3.63) is 71.8 Å². The zero-order valence-electron chi connectivity index (χ0n) is 19.7. The van der Waals surface area contributed by atoms with Gasteiger partial charge in [-0.15, -0.1) is 0 Å². The second-order valence-electron chi connectivity index (χ2n) is 8.80.